The van der Waals surface area contributed by atoms with Gasteiger partial charge in [0.05, 0.1) is 10.5 Å². The lowest BCUT2D eigenvalue weighted by Gasteiger charge is -2.06. The van der Waals surface area contributed by atoms with Crippen LogP contribution in [0.3, 0.4) is 0 Å². The monoisotopic (exact) mass is 252 g/mol. The van der Waals surface area contributed by atoms with Gasteiger partial charge in [0, 0.05) is 18.2 Å². The second kappa shape index (κ2) is 4.72. The zero-order valence-electron chi connectivity index (χ0n) is 9.90. The van der Waals surface area contributed by atoms with E-state index in [9.17, 15) is 19.3 Å². The van der Waals surface area contributed by atoms with E-state index in [0.29, 0.717) is 12.5 Å². The molecule has 0 heterocycles. The molecule has 1 N–H and O–H groups in total. The third-order valence-electron chi connectivity index (χ3n) is 3.02. The first kappa shape index (κ1) is 12.5. The van der Waals surface area contributed by atoms with Crippen molar-refractivity contribution in [2.75, 3.05) is 6.54 Å². The number of nitro groups is 1. The predicted octanol–water partition coefficient (Wildman–Crippen LogP) is 2.18. The molecular formula is C12H13FN2O3. The number of halogens is 1. The van der Waals surface area contributed by atoms with Crippen LogP contribution in [0.2, 0.25) is 0 Å². The van der Waals surface area contributed by atoms with E-state index in [1.54, 1.807) is 0 Å². The summed E-state index contributed by atoms with van der Waals surface area (Å²) in [6.45, 7) is 1.86. The fourth-order valence-electron chi connectivity index (χ4n) is 1.65. The molecule has 18 heavy (non-hydrogen) atoms. The Morgan fingerprint density at radius 2 is 2.22 bits per heavy atom. The van der Waals surface area contributed by atoms with Gasteiger partial charge in [0.15, 0.2) is 0 Å². The van der Waals surface area contributed by atoms with Gasteiger partial charge >= 0.3 is 0 Å². The fraction of sp³-hybridized carbons (Fsp3) is 0.417. The van der Waals surface area contributed by atoms with Gasteiger partial charge in [-0.2, -0.15) is 0 Å². The van der Waals surface area contributed by atoms with E-state index in [2.05, 4.69) is 5.32 Å². The van der Waals surface area contributed by atoms with Crippen LogP contribution in [-0.4, -0.2) is 17.4 Å². The number of hydrogen-bond acceptors (Lipinski definition) is 3. The number of rotatable bonds is 4. The highest BCUT2D eigenvalue weighted by atomic mass is 19.1. The maximum absolute atomic E-state index is 13.5. The summed E-state index contributed by atoms with van der Waals surface area (Å²) in [4.78, 5) is 21.8. The van der Waals surface area contributed by atoms with Crippen molar-refractivity contribution in [3.05, 3.63) is 39.2 Å². The molecule has 6 heteroatoms. The van der Waals surface area contributed by atoms with E-state index in [1.165, 1.54) is 6.92 Å². The highest BCUT2D eigenvalue weighted by Gasteiger charge is 2.23. The predicted molar refractivity (Wildman–Crippen MR) is 62.8 cm³/mol. The number of carbonyl (C=O) groups excluding carboxylic acids is 1. The van der Waals surface area contributed by atoms with Crippen molar-refractivity contribution >= 4 is 11.6 Å². The molecule has 0 atom stereocenters. The molecule has 0 unspecified atom stereocenters. The van der Waals surface area contributed by atoms with E-state index in [4.69, 9.17) is 0 Å². The molecule has 1 aromatic rings. The molecule has 0 bridgehead atoms. The molecule has 1 amide bonds. The minimum atomic E-state index is -0.735. The Morgan fingerprint density at radius 3 is 2.78 bits per heavy atom. The van der Waals surface area contributed by atoms with Gasteiger partial charge in [0.1, 0.15) is 5.82 Å². The summed E-state index contributed by atoms with van der Waals surface area (Å²) < 4.78 is 13.5. The standard InChI is InChI=1S/C12H13FN2O3/c1-7-10(13)4-9(5-11(7)15(17)18)12(16)14-6-8-2-3-8/h4-5,8H,2-3,6H2,1H3,(H,14,16). The van der Waals surface area contributed by atoms with Crippen LogP contribution >= 0.6 is 0 Å². The first-order valence-corrected chi connectivity index (χ1v) is 5.71. The van der Waals surface area contributed by atoms with Crippen molar-refractivity contribution in [2.24, 2.45) is 5.92 Å². The third-order valence-corrected chi connectivity index (χ3v) is 3.02. The number of carbonyl (C=O) groups is 1. The first-order valence-electron chi connectivity index (χ1n) is 5.71. The molecule has 1 fully saturated rings. The molecule has 2 rings (SSSR count). The molecule has 0 spiro atoms. The first-order chi connectivity index (χ1) is 8.49. The number of nitrogens with zero attached hydrogens (tertiary/aromatic N) is 1. The van der Waals surface area contributed by atoms with Crippen LogP contribution in [0.5, 0.6) is 0 Å². The Balaban J connectivity index is 2.21. The van der Waals surface area contributed by atoms with E-state index >= 15 is 0 Å². The highest BCUT2D eigenvalue weighted by Crippen LogP contribution is 2.28. The molecular weight excluding hydrogens is 239 g/mol. The van der Waals surface area contributed by atoms with Crippen LogP contribution in [0, 0.1) is 28.8 Å². The van der Waals surface area contributed by atoms with Crippen molar-refractivity contribution in [1.29, 1.82) is 0 Å². The van der Waals surface area contributed by atoms with Crippen LogP contribution in [0.25, 0.3) is 0 Å². The SMILES string of the molecule is Cc1c(F)cc(C(=O)NCC2CC2)cc1[N+](=O)[O-]. The second-order valence-electron chi connectivity index (χ2n) is 4.51. The Morgan fingerprint density at radius 1 is 1.56 bits per heavy atom. The summed E-state index contributed by atoms with van der Waals surface area (Å²) in [7, 11) is 0. The maximum atomic E-state index is 13.5. The van der Waals surface area contributed by atoms with Gasteiger partial charge in [-0.05, 0) is 31.7 Å². The van der Waals surface area contributed by atoms with Gasteiger partial charge in [0.25, 0.3) is 11.6 Å². The average Bonchev–Trinajstić information content (AvgIpc) is 3.12. The van der Waals surface area contributed by atoms with Crippen molar-refractivity contribution in [3.63, 3.8) is 0 Å². The number of hydrogen-bond donors (Lipinski definition) is 1. The van der Waals surface area contributed by atoms with E-state index < -0.39 is 16.6 Å². The molecule has 1 aliphatic carbocycles. The van der Waals surface area contributed by atoms with E-state index in [1.807, 2.05) is 0 Å². The molecule has 0 aromatic heterocycles. The van der Waals surface area contributed by atoms with E-state index in [0.717, 1.165) is 25.0 Å². The lowest BCUT2D eigenvalue weighted by Crippen LogP contribution is -2.25. The minimum Gasteiger partial charge on any atom is -0.352 e. The Bertz CT molecular complexity index is 512. The Labute approximate surface area is 103 Å². The fourth-order valence-corrected chi connectivity index (χ4v) is 1.65. The largest absolute Gasteiger partial charge is 0.352 e. The number of benzene rings is 1. The van der Waals surface area contributed by atoms with Gasteiger partial charge in [-0.15, -0.1) is 0 Å². The zero-order valence-corrected chi connectivity index (χ0v) is 9.90. The molecule has 0 saturated heterocycles. The van der Waals surface area contributed by atoms with Crippen molar-refractivity contribution in [1.82, 2.24) is 5.32 Å². The third kappa shape index (κ3) is 2.64. The summed E-state index contributed by atoms with van der Waals surface area (Å²) in [6.07, 6.45) is 2.17. The summed E-state index contributed by atoms with van der Waals surface area (Å²) in [5, 5.41) is 13.4. The molecule has 1 aromatic carbocycles. The summed E-state index contributed by atoms with van der Waals surface area (Å²) in [6, 6.07) is 2.14. The van der Waals surface area contributed by atoms with Crippen molar-refractivity contribution < 1.29 is 14.1 Å². The second-order valence-corrected chi connectivity index (χ2v) is 4.51. The van der Waals surface area contributed by atoms with Crippen molar-refractivity contribution in [3.8, 4) is 0 Å². The summed E-state index contributed by atoms with van der Waals surface area (Å²) >= 11 is 0. The van der Waals surface area contributed by atoms with Gasteiger partial charge in [-0.3, -0.25) is 14.9 Å². The van der Waals surface area contributed by atoms with Gasteiger partial charge in [0.2, 0.25) is 0 Å². The maximum Gasteiger partial charge on any atom is 0.276 e. The minimum absolute atomic E-state index is 0.00884. The summed E-state index contributed by atoms with van der Waals surface area (Å²) in [5.41, 5.74) is -0.434. The van der Waals surface area contributed by atoms with Gasteiger partial charge in [-0.25, -0.2) is 4.39 Å². The van der Waals surface area contributed by atoms with Gasteiger partial charge < -0.3 is 5.32 Å². The molecule has 5 nitrogen and oxygen atoms in total. The number of nitro benzene ring substituents is 1. The van der Waals surface area contributed by atoms with Crippen LogP contribution in [-0.2, 0) is 0 Å². The summed E-state index contributed by atoms with van der Waals surface area (Å²) in [5.74, 6) is -0.705. The van der Waals surface area contributed by atoms with Crippen molar-refractivity contribution in [2.45, 2.75) is 19.8 Å². The highest BCUT2D eigenvalue weighted by molar-refractivity contribution is 5.95. The molecule has 96 valence electrons. The molecule has 1 saturated carbocycles. The normalized spacial score (nSPS) is 14.3. The topological polar surface area (TPSA) is 72.2 Å². The lowest BCUT2D eigenvalue weighted by molar-refractivity contribution is -0.385. The van der Waals surface area contributed by atoms with Crippen LogP contribution in [0.4, 0.5) is 10.1 Å². The molecule has 1 aliphatic rings. The number of amides is 1. The molecule has 0 radical (unpaired) electrons. The zero-order chi connectivity index (χ0) is 13.3. The lowest BCUT2D eigenvalue weighted by atomic mass is 10.1. The Hall–Kier alpha value is -1.98. The van der Waals surface area contributed by atoms with Crippen LogP contribution in [0.1, 0.15) is 28.8 Å². The Kier molecular flexibility index (Phi) is 3.27. The van der Waals surface area contributed by atoms with Crippen LogP contribution < -0.4 is 5.32 Å². The average molecular weight is 252 g/mol. The van der Waals surface area contributed by atoms with Gasteiger partial charge in [-0.1, -0.05) is 0 Å². The quantitative estimate of drug-likeness (QED) is 0.659. The smallest absolute Gasteiger partial charge is 0.276 e. The van der Waals surface area contributed by atoms with E-state index in [-0.39, 0.29) is 16.8 Å². The number of nitrogens with one attached hydrogen (secondary N) is 1. The molecule has 0 aliphatic heterocycles. The van der Waals surface area contributed by atoms with Crippen LogP contribution in [0.15, 0.2) is 12.1 Å².